The fraction of sp³-hybridized carbons (Fsp3) is 0.312. The van der Waals surface area contributed by atoms with Gasteiger partial charge >= 0.3 is 0 Å². The van der Waals surface area contributed by atoms with Gasteiger partial charge < -0.3 is 4.57 Å². The molecule has 0 amide bonds. The molecule has 2 heteroatoms. The molecule has 18 heavy (non-hydrogen) atoms. The molecule has 0 fully saturated rings. The first-order chi connectivity index (χ1) is 8.45. The SMILES string of the molecule is Cc1cc(C)c(-n2c(C)cc(C#N)c2C)c(C)c1. The topological polar surface area (TPSA) is 28.7 Å². The van der Waals surface area contributed by atoms with Crippen LogP contribution >= 0.6 is 0 Å². The lowest BCUT2D eigenvalue weighted by Gasteiger charge is -2.16. The van der Waals surface area contributed by atoms with Crippen LogP contribution in [0.25, 0.3) is 5.69 Å². The van der Waals surface area contributed by atoms with Gasteiger partial charge in [0, 0.05) is 11.4 Å². The molecule has 0 N–H and O–H groups in total. The van der Waals surface area contributed by atoms with E-state index in [0.29, 0.717) is 0 Å². The predicted octanol–water partition coefficient (Wildman–Crippen LogP) is 3.89. The highest BCUT2D eigenvalue weighted by atomic mass is 15.0. The molecule has 0 saturated heterocycles. The third-order valence-electron chi connectivity index (χ3n) is 3.41. The Balaban J connectivity index is 2.78. The van der Waals surface area contributed by atoms with Gasteiger partial charge in [-0.2, -0.15) is 5.26 Å². The summed E-state index contributed by atoms with van der Waals surface area (Å²) < 4.78 is 2.18. The van der Waals surface area contributed by atoms with Crippen LogP contribution in [0.15, 0.2) is 18.2 Å². The van der Waals surface area contributed by atoms with Crippen molar-refractivity contribution in [2.45, 2.75) is 34.6 Å². The first kappa shape index (κ1) is 12.4. The molecule has 0 bridgehead atoms. The zero-order valence-electron chi connectivity index (χ0n) is 11.6. The summed E-state index contributed by atoms with van der Waals surface area (Å²) in [6.07, 6.45) is 0. The lowest BCUT2D eigenvalue weighted by molar-refractivity contribution is 0.940. The van der Waals surface area contributed by atoms with E-state index in [-0.39, 0.29) is 0 Å². The van der Waals surface area contributed by atoms with Crippen LogP contribution in [-0.4, -0.2) is 4.57 Å². The summed E-state index contributed by atoms with van der Waals surface area (Å²) in [5.74, 6) is 0. The van der Waals surface area contributed by atoms with Crippen LogP contribution < -0.4 is 0 Å². The Kier molecular flexibility index (Phi) is 3.00. The smallest absolute Gasteiger partial charge is 0.101 e. The van der Waals surface area contributed by atoms with E-state index in [1.807, 2.05) is 19.9 Å². The fourth-order valence-corrected chi connectivity index (χ4v) is 2.75. The molecule has 0 aliphatic heterocycles. The Morgan fingerprint density at radius 1 is 0.944 bits per heavy atom. The van der Waals surface area contributed by atoms with Gasteiger partial charge in [0.25, 0.3) is 0 Å². The molecule has 1 heterocycles. The Morgan fingerprint density at radius 3 is 1.94 bits per heavy atom. The number of aryl methyl sites for hydroxylation is 4. The maximum atomic E-state index is 9.12. The molecule has 0 unspecified atom stereocenters. The minimum Gasteiger partial charge on any atom is -0.317 e. The van der Waals surface area contributed by atoms with Gasteiger partial charge in [0.1, 0.15) is 6.07 Å². The van der Waals surface area contributed by atoms with Crippen LogP contribution in [0.1, 0.15) is 33.6 Å². The first-order valence-electron chi connectivity index (χ1n) is 6.13. The van der Waals surface area contributed by atoms with Gasteiger partial charge in [-0.05, 0) is 51.8 Å². The van der Waals surface area contributed by atoms with Crippen LogP contribution in [0.2, 0.25) is 0 Å². The van der Waals surface area contributed by atoms with Gasteiger partial charge in [0.2, 0.25) is 0 Å². The van der Waals surface area contributed by atoms with E-state index < -0.39 is 0 Å². The van der Waals surface area contributed by atoms with E-state index in [4.69, 9.17) is 5.26 Å². The highest BCUT2D eigenvalue weighted by Gasteiger charge is 2.14. The normalized spacial score (nSPS) is 10.4. The Bertz CT molecular complexity index is 631. The molecule has 2 nitrogen and oxygen atoms in total. The van der Waals surface area contributed by atoms with E-state index in [9.17, 15) is 0 Å². The minimum absolute atomic E-state index is 0.756. The third kappa shape index (κ3) is 1.82. The Hall–Kier alpha value is -2.01. The number of hydrogen-bond acceptors (Lipinski definition) is 1. The monoisotopic (exact) mass is 238 g/mol. The van der Waals surface area contributed by atoms with Gasteiger partial charge in [-0.3, -0.25) is 0 Å². The maximum absolute atomic E-state index is 9.12. The molecule has 2 rings (SSSR count). The van der Waals surface area contributed by atoms with Gasteiger partial charge in [-0.15, -0.1) is 0 Å². The summed E-state index contributed by atoms with van der Waals surface area (Å²) >= 11 is 0. The van der Waals surface area contributed by atoms with Crippen molar-refractivity contribution < 1.29 is 0 Å². The molecule has 0 radical (unpaired) electrons. The van der Waals surface area contributed by atoms with E-state index in [1.165, 1.54) is 22.4 Å². The lowest BCUT2D eigenvalue weighted by Crippen LogP contribution is -2.04. The summed E-state index contributed by atoms with van der Waals surface area (Å²) in [7, 11) is 0. The number of benzene rings is 1. The largest absolute Gasteiger partial charge is 0.317 e. The highest BCUT2D eigenvalue weighted by Crippen LogP contribution is 2.26. The second-order valence-electron chi connectivity index (χ2n) is 4.98. The van der Waals surface area contributed by atoms with E-state index in [1.54, 1.807) is 0 Å². The molecule has 2 aromatic rings. The summed E-state index contributed by atoms with van der Waals surface area (Å²) in [4.78, 5) is 0. The quantitative estimate of drug-likeness (QED) is 0.741. The van der Waals surface area contributed by atoms with Gasteiger partial charge in [0.15, 0.2) is 0 Å². The Morgan fingerprint density at radius 2 is 1.50 bits per heavy atom. The summed E-state index contributed by atoms with van der Waals surface area (Å²) in [6.45, 7) is 10.4. The molecule has 0 aliphatic rings. The van der Waals surface area contributed by atoms with Crippen molar-refractivity contribution in [1.82, 2.24) is 4.57 Å². The maximum Gasteiger partial charge on any atom is 0.101 e. The standard InChI is InChI=1S/C16H18N2/c1-10-6-11(2)16(12(3)7-10)18-13(4)8-15(9-17)14(18)5/h6-8H,1-5H3. The molecule has 0 spiro atoms. The molecule has 0 saturated carbocycles. The average molecular weight is 238 g/mol. The Labute approximate surface area is 108 Å². The first-order valence-corrected chi connectivity index (χ1v) is 6.13. The summed E-state index contributed by atoms with van der Waals surface area (Å²) in [6, 6.07) is 8.58. The zero-order chi connectivity index (χ0) is 13.4. The molecular formula is C16H18N2. The summed E-state index contributed by atoms with van der Waals surface area (Å²) in [5, 5.41) is 9.12. The lowest BCUT2D eigenvalue weighted by atomic mass is 10.0. The number of nitrogens with zero attached hydrogens (tertiary/aromatic N) is 2. The van der Waals surface area contributed by atoms with Crippen LogP contribution in [-0.2, 0) is 0 Å². The van der Waals surface area contributed by atoms with Crippen LogP contribution in [0.5, 0.6) is 0 Å². The predicted molar refractivity (Wildman–Crippen MR) is 74.2 cm³/mol. The zero-order valence-corrected chi connectivity index (χ0v) is 11.6. The number of aromatic nitrogens is 1. The highest BCUT2D eigenvalue weighted by molar-refractivity contribution is 5.54. The van der Waals surface area contributed by atoms with Crippen molar-refractivity contribution in [3.63, 3.8) is 0 Å². The van der Waals surface area contributed by atoms with E-state index >= 15 is 0 Å². The van der Waals surface area contributed by atoms with Crippen LogP contribution in [0.3, 0.4) is 0 Å². The van der Waals surface area contributed by atoms with Gasteiger partial charge in [-0.25, -0.2) is 0 Å². The molecule has 1 aromatic carbocycles. The van der Waals surface area contributed by atoms with Crippen LogP contribution in [0.4, 0.5) is 0 Å². The van der Waals surface area contributed by atoms with Crippen molar-refractivity contribution in [2.75, 3.05) is 0 Å². The molecule has 0 aliphatic carbocycles. The fourth-order valence-electron chi connectivity index (χ4n) is 2.75. The van der Waals surface area contributed by atoms with Crippen molar-refractivity contribution in [2.24, 2.45) is 0 Å². The second-order valence-corrected chi connectivity index (χ2v) is 4.98. The second kappa shape index (κ2) is 4.34. The van der Waals surface area contributed by atoms with Crippen molar-refractivity contribution >= 4 is 0 Å². The molecule has 0 atom stereocenters. The van der Waals surface area contributed by atoms with Crippen molar-refractivity contribution in [3.05, 3.63) is 51.8 Å². The van der Waals surface area contributed by atoms with E-state index in [0.717, 1.165) is 17.0 Å². The molecular weight excluding hydrogens is 220 g/mol. The summed E-state index contributed by atoms with van der Waals surface area (Å²) in [5.41, 5.74) is 7.86. The van der Waals surface area contributed by atoms with Crippen LogP contribution in [0, 0.1) is 45.9 Å². The number of hydrogen-bond donors (Lipinski definition) is 0. The van der Waals surface area contributed by atoms with Gasteiger partial charge in [0.05, 0.1) is 11.3 Å². The third-order valence-corrected chi connectivity index (χ3v) is 3.41. The molecule has 1 aromatic heterocycles. The van der Waals surface area contributed by atoms with Crippen molar-refractivity contribution in [3.8, 4) is 11.8 Å². The van der Waals surface area contributed by atoms with Gasteiger partial charge in [-0.1, -0.05) is 17.7 Å². The minimum atomic E-state index is 0.756. The number of nitriles is 1. The average Bonchev–Trinajstić information content (AvgIpc) is 2.55. The number of rotatable bonds is 1. The van der Waals surface area contributed by atoms with Crippen molar-refractivity contribution in [1.29, 1.82) is 5.26 Å². The molecule has 92 valence electrons. The van der Waals surface area contributed by atoms with E-state index in [2.05, 4.69) is 43.5 Å².